The van der Waals surface area contributed by atoms with Crippen molar-refractivity contribution in [1.29, 1.82) is 0 Å². The third kappa shape index (κ3) is 3.85. The summed E-state index contributed by atoms with van der Waals surface area (Å²) in [5.74, 6) is 0.714. The Labute approximate surface area is 185 Å². The van der Waals surface area contributed by atoms with Crippen LogP contribution in [0.15, 0.2) is 60.7 Å². The molecule has 3 aromatic carbocycles. The van der Waals surface area contributed by atoms with E-state index in [9.17, 15) is 23.1 Å². The summed E-state index contributed by atoms with van der Waals surface area (Å²) in [7, 11) is -4.12. The van der Waals surface area contributed by atoms with Gasteiger partial charge in [0.25, 0.3) is 0 Å². The molecule has 0 spiro atoms. The van der Waals surface area contributed by atoms with Crippen molar-refractivity contribution in [2.75, 3.05) is 0 Å². The highest BCUT2D eigenvalue weighted by Gasteiger charge is 2.37. The summed E-state index contributed by atoms with van der Waals surface area (Å²) >= 11 is 0. The zero-order valence-corrected chi connectivity index (χ0v) is 17.6. The number of carboxylic acid groups (broad SMARTS) is 1. The normalized spacial score (nSPS) is 12.5. The van der Waals surface area contributed by atoms with E-state index in [-0.39, 0.29) is 5.56 Å². The molecule has 1 aromatic heterocycles. The highest BCUT2D eigenvalue weighted by Crippen LogP contribution is 2.46. The Bertz CT molecular complexity index is 1550. The molecule has 2 heterocycles. The van der Waals surface area contributed by atoms with Crippen LogP contribution in [0.25, 0.3) is 32.9 Å². The highest BCUT2D eigenvalue weighted by molar-refractivity contribution is 7.86. The first-order valence-electron chi connectivity index (χ1n) is 9.31. The molecule has 0 bridgehead atoms. The molecule has 0 saturated carbocycles. The molecule has 0 atom stereocenters. The zero-order valence-electron chi connectivity index (χ0n) is 16.8. The Morgan fingerprint density at radius 3 is 2.27 bits per heavy atom. The predicted molar refractivity (Wildman–Crippen MR) is 111 cm³/mol. The fourth-order valence-electron chi connectivity index (χ4n) is 3.73. The van der Waals surface area contributed by atoms with Gasteiger partial charge in [-0.25, -0.2) is 13.2 Å². The molecule has 0 unspecified atom stereocenters. The molecule has 0 aliphatic carbocycles. The third-order valence-electron chi connectivity index (χ3n) is 5.14. The summed E-state index contributed by atoms with van der Waals surface area (Å²) in [5.41, 5.74) is -2.42. The van der Waals surface area contributed by atoms with Gasteiger partial charge in [0.05, 0.1) is 21.9 Å². The van der Waals surface area contributed by atoms with Crippen LogP contribution < -0.4 is 9.30 Å². The van der Waals surface area contributed by atoms with Crippen LogP contribution in [-0.2, 0) is 17.2 Å². The Hall–Kier alpha value is -3.70. The molecule has 1 aliphatic heterocycles. The van der Waals surface area contributed by atoms with Crippen LogP contribution in [0.2, 0.25) is 0 Å². The summed E-state index contributed by atoms with van der Waals surface area (Å²) in [4.78, 5) is 11.4. The minimum Gasteiger partial charge on any atom is -0.741 e. The van der Waals surface area contributed by atoms with E-state index in [0.717, 1.165) is 44.4 Å². The molecule has 0 radical (unpaired) electrons. The standard InChI is InChI=1S/C21H13NO3.CHF3O3S/c1-22-16-11-12(21(23)24)9-10-13(16)14-6-4-8-18-19(14)20(22)15-5-2-3-7-17(15)25-18;2-1(3,4)8(5,6)7/h2-11H,1H3;(H,5,6,7). The van der Waals surface area contributed by atoms with Crippen LogP contribution >= 0.6 is 0 Å². The molecule has 5 rings (SSSR count). The molecular formula is C22H14F3NO6S. The van der Waals surface area contributed by atoms with E-state index < -0.39 is 21.6 Å². The summed E-state index contributed by atoms with van der Waals surface area (Å²) in [6.07, 6.45) is 0. The van der Waals surface area contributed by atoms with E-state index in [4.69, 9.17) is 17.7 Å². The number of rotatable bonds is 1. The van der Waals surface area contributed by atoms with Gasteiger partial charge in [-0.15, -0.1) is 0 Å². The maximum absolute atomic E-state index is 11.4. The van der Waals surface area contributed by atoms with E-state index in [1.807, 2.05) is 49.5 Å². The van der Waals surface area contributed by atoms with Crippen molar-refractivity contribution in [3.63, 3.8) is 0 Å². The quantitative estimate of drug-likeness (QED) is 0.167. The summed E-state index contributed by atoms with van der Waals surface area (Å²) in [5, 5.41) is 12.5. The van der Waals surface area contributed by atoms with Crippen molar-refractivity contribution in [3.05, 3.63) is 66.2 Å². The third-order valence-corrected chi connectivity index (χ3v) is 5.71. The molecule has 33 heavy (non-hydrogen) atoms. The lowest BCUT2D eigenvalue weighted by molar-refractivity contribution is -0.632. The van der Waals surface area contributed by atoms with E-state index in [0.29, 0.717) is 0 Å². The number of ether oxygens (including phenoxy) is 1. The van der Waals surface area contributed by atoms with Gasteiger partial charge in [-0.3, -0.25) is 0 Å². The molecule has 170 valence electrons. The van der Waals surface area contributed by atoms with Crippen LogP contribution in [0, 0.1) is 0 Å². The molecule has 0 saturated heterocycles. The Morgan fingerprint density at radius 2 is 1.64 bits per heavy atom. The van der Waals surface area contributed by atoms with Crippen molar-refractivity contribution in [2.45, 2.75) is 5.51 Å². The number of aromatic nitrogens is 1. The van der Waals surface area contributed by atoms with Crippen molar-refractivity contribution in [3.8, 4) is 22.8 Å². The smallest absolute Gasteiger partial charge is 0.485 e. The average molecular weight is 477 g/mol. The number of carboxylic acids is 1. The number of benzene rings is 3. The van der Waals surface area contributed by atoms with Crippen LogP contribution in [0.1, 0.15) is 10.4 Å². The molecule has 0 fully saturated rings. The zero-order chi connectivity index (χ0) is 24.1. The Balaban J connectivity index is 0.000000281. The first-order valence-corrected chi connectivity index (χ1v) is 10.7. The summed E-state index contributed by atoms with van der Waals surface area (Å²) in [6, 6.07) is 19.2. The van der Waals surface area contributed by atoms with Gasteiger partial charge in [-0.05, 0) is 30.3 Å². The molecule has 4 aromatic rings. The molecule has 1 aliphatic rings. The second kappa shape index (κ2) is 7.71. The number of halogens is 3. The van der Waals surface area contributed by atoms with Gasteiger partial charge in [-0.1, -0.05) is 24.3 Å². The second-order valence-corrected chi connectivity index (χ2v) is 8.49. The van der Waals surface area contributed by atoms with E-state index >= 15 is 0 Å². The molecule has 0 amide bonds. The summed E-state index contributed by atoms with van der Waals surface area (Å²) < 4.78 is 67.1. The number of fused-ring (bicyclic) bond motifs is 4. The number of para-hydroxylation sites is 1. The minimum atomic E-state index is -6.09. The summed E-state index contributed by atoms with van der Waals surface area (Å²) in [6.45, 7) is 0. The van der Waals surface area contributed by atoms with Gasteiger partial charge in [-0.2, -0.15) is 17.7 Å². The van der Waals surface area contributed by atoms with Crippen molar-refractivity contribution < 1.29 is 45.3 Å². The van der Waals surface area contributed by atoms with Crippen LogP contribution in [-0.4, -0.2) is 29.6 Å². The lowest BCUT2D eigenvalue weighted by atomic mass is 9.95. The molecule has 11 heteroatoms. The fraction of sp³-hybridized carbons (Fsp3) is 0.0909. The average Bonchev–Trinajstić information content (AvgIpc) is 2.75. The van der Waals surface area contributed by atoms with Gasteiger partial charge in [0, 0.05) is 11.5 Å². The lowest BCUT2D eigenvalue weighted by Gasteiger charge is -2.20. The number of pyridine rings is 1. The van der Waals surface area contributed by atoms with Crippen LogP contribution in [0.4, 0.5) is 13.2 Å². The van der Waals surface area contributed by atoms with E-state index in [2.05, 4.69) is 10.6 Å². The van der Waals surface area contributed by atoms with Crippen molar-refractivity contribution in [1.82, 2.24) is 0 Å². The first-order chi connectivity index (χ1) is 15.4. The van der Waals surface area contributed by atoms with Gasteiger partial charge >= 0.3 is 11.5 Å². The SMILES string of the molecule is C[n+]1c2c3c(cccc3c3ccc(C(=O)O)cc31)Oc1ccccc1-2.O=S(=O)([O-])C(F)(F)F. The fourth-order valence-corrected chi connectivity index (χ4v) is 3.73. The van der Waals surface area contributed by atoms with Crippen LogP contribution in [0.5, 0.6) is 11.5 Å². The largest absolute Gasteiger partial charge is 0.741 e. The van der Waals surface area contributed by atoms with Crippen LogP contribution in [0.3, 0.4) is 0 Å². The number of hydrogen-bond acceptors (Lipinski definition) is 5. The molecule has 1 N–H and O–H groups in total. The second-order valence-electron chi connectivity index (χ2n) is 7.12. The number of carbonyl (C=O) groups is 1. The number of nitrogens with zero attached hydrogens (tertiary/aromatic N) is 1. The maximum atomic E-state index is 11.4. The first kappa shape index (κ1) is 22.5. The van der Waals surface area contributed by atoms with E-state index in [1.165, 1.54) is 0 Å². The number of aryl methyl sites for hydroxylation is 1. The van der Waals surface area contributed by atoms with Gasteiger partial charge in [0.2, 0.25) is 11.2 Å². The van der Waals surface area contributed by atoms with Gasteiger partial charge < -0.3 is 14.4 Å². The topological polar surface area (TPSA) is 108 Å². The monoisotopic (exact) mass is 477 g/mol. The number of hydrogen-bond donors (Lipinski definition) is 1. The van der Waals surface area contributed by atoms with E-state index in [1.54, 1.807) is 12.1 Å². The Morgan fingerprint density at radius 1 is 1.00 bits per heavy atom. The minimum absolute atomic E-state index is 0.283. The molecule has 7 nitrogen and oxygen atoms in total. The maximum Gasteiger partial charge on any atom is 0.485 e. The van der Waals surface area contributed by atoms with Gasteiger partial charge in [0.1, 0.15) is 18.5 Å². The predicted octanol–water partition coefficient (Wildman–Crippen LogP) is 4.34. The van der Waals surface area contributed by atoms with Crippen molar-refractivity contribution in [2.24, 2.45) is 7.05 Å². The highest BCUT2D eigenvalue weighted by atomic mass is 32.2. The van der Waals surface area contributed by atoms with Gasteiger partial charge in [0.15, 0.2) is 10.1 Å². The number of alkyl halides is 3. The van der Waals surface area contributed by atoms with Crippen molar-refractivity contribution >= 4 is 37.8 Å². The Kier molecular flexibility index (Phi) is 5.26. The molecular weight excluding hydrogens is 463 g/mol. The lowest BCUT2D eigenvalue weighted by Crippen LogP contribution is -2.33. The number of aromatic carboxylic acids is 1.